The second-order valence-electron chi connectivity index (χ2n) is 8.37. The van der Waals surface area contributed by atoms with Gasteiger partial charge in [0.15, 0.2) is 0 Å². The average Bonchev–Trinajstić information content (AvgIpc) is 2.74. The van der Waals surface area contributed by atoms with Crippen LogP contribution in [0.4, 0.5) is 0 Å². The van der Waals surface area contributed by atoms with Crippen LogP contribution in [0.5, 0.6) is 0 Å². The summed E-state index contributed by atoms with van der Waals surface area (Å²) in [7, 11) is 0. The molecule has 2 heteroatoms. The van der Waals surface area contributed by atoms with E-state index in [1.807, 2.05) is 0 Å². The molecule has 0 heterocycles. The number of benzene rings is 2. The van der Waals surface area contributed by atoms with E-state index >= 15 is 0 Å². The molecule has 1 nitrogen and oxygen atoms in total. The highest BCUT2D eigenvalue weighted by Crippen LogP contribution is 2.34. The van der Waals surface area contributed by atoms with Crippen LogP contribution in [0, 0.1) is 0 Å². The topological polar surface area (TPSA) is 3.24 Å². The van der Waals surface area contributed by atoms with Crippen molar-refractivity contribution in [2.45, 2.75) is 69.6 Å². The molecule has 0 aromatic heterocycles. The zero-order valence-electron chi connectivity index (χ0n) is 17.5. The average molecular weight is 398 g/mol. The molecule has 0 radical (unpaired) electrons. The van der Waals surface area contributed by atoms with Crippen molar-refractivity contribution in [1.29, 1.82) is 0 Å². The quantitative estimate of drug-likeness (QED) is 0.396. The highest BCUT2D eigenvalue weighted by molar-refractivity contribution is 6.20. The Bertz CT molecular complexity index is 659. The summed E-state index contributed by atoms with van der Waals surface area (Å²) in [4.78, 5) is 2.63. The lowest BCUT2D eigenvalue weighted by atomic mass is 9.83. The lowest BCUT2D eigenvalue weighted by molar-refractivity contribution is 0.274. The molecule has 0 amide bonds. The molecule has 0 unspecified atom stereocenters. The molecule has 1 aliphatic rings. The van der Waals surface area contributed by atoms with Crippen molar-refractivity contribution in [2.24, 2.45) is 0 Å². The van der Waals surface area contributed by atoms with Crippen LogP contribution >= 0.6 is 11.6 Å². The fourth-order valence-corrected chi connectivity index (χ4v) is 4.68. The fourth-order valence-electron chi connectivity index (χ4n) is 4.43. The number of hydrogen-bond donors (Lipinski definition) is 0. The first-order valence-corrected chi connectivity index (χ1v) is 11.7. The third kappa shape index (κ3) is 6.94. The van der Waals surface area contributed by atoms with Crippen LogP contribution in [0.1, 0.15) is 68.1 Å². The predicted molar refractivity (Wildman–Crippen MR) is 122 cm³/mol. The van der Waals surface area contributed by atoms with Gasteiger partial charge in [0.1, 0.15) is 0 Å². The van der Waals surface area contributed by atoms with Crippen LogP contribution in [0.3, 0.4) is 0 Å². The van der Waals surface area contributed by atoms with Gasteiger partial charge in [-0.1, -0.05) is 61.5 Å². The number of alkyl halides is 1. The van der Waals surface area contributed by atoms with Gasteiger partial charge in [0.25, 0.3) is 0 Å². The number of hydrogen-bond acceptors (Lipinski definition) is 1. The van der Waals surface area contributed by atoms with E-state index < -0.39 is 0 Å². The molecular weight excluding hydrogens is 362 g/mol. The lowest BCUT2D eigenvalue weighted by Gasteiger charge is -2.25. The maximum atomic E-state index is 6.25. The van der Waals surface area contributed by atoms with Crippen molar-refractivity contribution >= 4 is 11.6 Å². The zero-order valence-corrected chi connectivity index (χ0v) is 18.2. The maximum absolute atomic E-state index is 6.25. The molecule has 0 aliphatic heterocycles. The van der Waals surface area contributed by atoms with Crippen molar-refractivity contribution in [3.8, 4) is 0 Å². The third-order valence-electron chi connectivity index (χ3n) is 6.15. The minimum atomic E-state index is 0.406. The Balaban J connectivity index is 1.42. The minimum absolute atomic E-state index is 0.406. The van der Waals surface area contributed by atoms with E-state index in [0.29, 0.717) is 5.38 Å². The summed E-state index contributed by atoms with van der Waals surface area (Å²) in [6.07, 6.45) is 9.65. The Kier molecular flexibility index (Phi) is 8.89. The van der Waals surface area contributed by atoms with Crippen LogP contribution in [0.25, 0.3) is 0 Å². The lowest BCUT2D eigenvalue weighted by Crippen LogP contribution is -2.28. The highest BCUT2D eigenvalue weighted by Gasteiger charge is 2.20. The molecule has 0 N–H and O–H groups in total. The van der Waals surface area contributed by atoms with E-state index in [1.54, 1.807) is 0 Å². The molecule has 28 heavy (non-hydrogen) atoms. The van der Waals surface area contributed by atoms with Gasteiger partial charge in [-0.15, -0.1) is 11.6 Å². The molecule has 3 rings (SSSR count). The van der Waals surface area contributed by atoms with Gasteiger partial charge in [-0.05, 0) is 87.1 Å². The fraction of sp³-hybridized carbons (Fsp3) is 0.538. The number of aryl methyl sites for hydroxylation is 1. The summed E-state index contributed by atoms with van der Waals surface area (Å²) in [5.74, 6) is 0.724. The molecule has 0 saturated heterocycles. The normalized spacial score (nSPS) is 19.8. The first-order chi connectivity index (χ1) is 13.7. The maximum Gasteiger partial charge on any atom is 0.0336 e. The summed E-state index contributed by atoms with van der Waals surface area (Å²) in [6, 6.07) is 20.3. The van der Waals surface area contributed by atoms with Crippen molar-refractivity contribution in [3.63, 3.8) is 0 Å². The standard InChI is InChI=1S/C26H36ClN/c1-2-19-28(21-18-22-7-4-3-5-8-22)20-6-9-23-10-12-24(13-11-23)25-14-16-26(27)17-15-25/h3-5,7-8,10-13,25-26H,2,6,9,14-21H2,1H3. The molecule has 2 aromatic carbocycles. The van der Waals surface area contributed by atoms with E-state index in [-0.39, 0.29) is 0 Å². The van der Waals surface area contributed by atoms with Gasteiger partial charge >= 0.3 is 0 Å². The molecule has 1 aliphatic carbocycles. The summed E-state index contributed by atoms with van der Waals surface area (Å²) in [5, 5.41) is 0.406. The van der Waals surface area contributed by atoms with Crippen molar-refractivity contribution in [1.82, 2.24) is 4.90 Å². The third-order valence-corrected chi connectivity index (χ3v) is 6.58. The molecule has 1 fully saturated rings. The van der Waals surface area contributed by atoms with Crippen LogP contribution in [-0.4, -0.2) is 29.9 Å². The second kappa shape index (κ2) is 11.6. The van der Waals surface area contributed by atoms with Gasteiger partial charge in [0.2, 0.25) is 0 Å². The van der Waals surface area contributed by atoms with Crippen LogP contribution in [0.15, 0.2) is 54.6 Å². The SMILES string of the molecule is CCCN(CCCc1ccc(C2CCC(Cl)CC2)cc1)CCc1ccccc1. The Morgan fingerprint density at radius 2 is 1.46 bits per heavy atom. The molecule has 0 spiro atoms. The monoisotopic (exact) mass is 397 g/mol. The van der Waals surface area contributed by atoms with E-state index in [9.17, 15) is 0 Å². The molecule has 2 aromatic rings. The first kappa shape index (κ1) is 21.4. The van der Waals surface area contributed by atoms with E-state index in [1.165, 1.54) is 81.3 Å². The van der Waals surface area contributed by atoms with Crippen molar-refractivity contribution < 1.29 is 0 Å². The summed E-state index contributed by atoms with van der Waals surface area (Å²) < 4.78 is 0. The molecular formula is C26H36ClN. The first-order valence-electron chi connectivity index (χ1n) is 11.2. The van der Waals surface area contributed by atoms with Gasteiger partial charge in [-0.25, -0.2) is 0 Å². The van der Waals surface area contributed by atoms with Gasteiger partial charge < -0.3 is 4.90 Å². The van der Waals surface area contributed by atoms with Gasteiger partial charge in [-0.3, -0.25) is 0 Å². The van der Waals surface area contributed by atoms with Gasteiger partial charge in [0.05, 0.1) is 0 Å². The summed E-state index contributed by atoms with van der Waals surface area (Å²) in [5.41, 5.74) is 4.44. The van der Waals surface area contributed by atoms with E-state index in [2.05, 4.69) is 66.4 Å². The predicted octanol–water partition coefficient (Wildman–Crippen LogP) is 6.84. The van der Waals surface area contributed by atoms with Crippen LogP contribution in [0.2, 0.25) is 0 Å². The van der Waals surface area contributed by atoms with E-state index in [0.717, 1.165) is 12.3 Å². The largest absolute Gasteiger partial charge is 0.303 e. The van der Waals surface area contributed by atoms with Gasteiger partial charge in [-0.2, -0.15) is 0 Å². The Hall–Kier alpha value is -1.31. The molecule has 152 valence electrons. The van der Waals surface area contributed by atoms with Crippen LogP contribution < -0.4 is 0 Å². The highest BCUT2D eigenvalue weighted by atomic mass is 35.5. The molecule has 1 saturated carbocycles. The number of rotatable bonds is 10. The van der Waals surface area contributed by atoms with Crippen LogP contribution in [-0.2, 0) is 12.8 Å². The zero-order chi connectivity index (χ0) is 19.6. The summed E-state index contributed by atoms with van der Waals surface area (Å²) >= 11 is 6.25. The van der Waals surface area contributed by atoms with Gasteiger partial charge in [0, 0.05) is 11.9 Å². The molecule has 0 atom stereocenters. The number of halogens is 1. The second-order valence-corrected chi connectivity index (χ2v) is 8.99. The Labute approximate surface area is 177 Å². The molecule has 0 bridgehead atoms. The van der Waals surface area contributed by atoms with Crippen molar-refractivity contribution in [3.05, 3.63) is 71.3 Å². The smallest absolute Gasteiger partial charge is 0.0336 e. The Morgan fingerprint density at radius 3 is 2.14 bits per heavy atom. The van der Waals surface area contributed by atoms with Crippen molar-refractivity contribution in [2.75, 3.05) is 19.6 Å². The summed E-state index contributed by atoms with van der Waals surface area (Å²) in [6.45, 7) is 5.85. The number of nitrogens with zero attached hydrogens (tertiary/aromatic N) is 1. The minimum Gasteiger partial charge on any atom is -0.303 e. The Morgan fingerprint density at radius 1 is 0.786 bits per heavy atom. The van der Waals surface area contributed by atoms with E-state index in [4.69, 9.17) is 11.6 Å².